The highest BCUT2D eigenvalue weighted by Crippen LogP contribution is 2.31. The smallest absolute Gasteiger partial charge is 0.269 e. The number of anilines is 1. The molecule has 1 amide bonds. The molecule has 1 fully saturated rings. The van der Waals surface area contributed by atoms with Crippen LogP contribution in [0, 0.1) is 10.1 Å². The lowest BCUT2D eigenvalue weighted by atomic mass is 10.1. The van der Waals surface area contributed by atoms with Crippen molar-refractivity contribution in [3.05, 3.63) is 33.9 Å². The van der Waals surface area contributed by atoms with Gasteiger partial charge >= 0.3 is 0 Å². The summed E-state index contributed by atoms with van der Waals surface area (Å²) in [6.45, 7) is 2.54. The lowest BCUT2D eigenvalue weighted by molar-refractivity contribution is -0.384. The first-order valence-electron chi connectivity index (χ1n) is 7.55. The number of rotatable bonds is 3. The van der Waals surface area contributed by atoms with Crippen LogP contribution in [0.15, 0.2) is 18.2 Å². The van der Waals surface area contributed by atoms with Crippen LogP contribution in [0.4, 0.5) is 11.4 Å². The zero-order chi connectivity index (χ0) is 16.4. The quantitative estimate of drug-likeness (QED) is 0.474. The third-order valence-electron chi connectivity index (χ3n) is 4.15. The Morgan fingerprint density at radius 2 is 2.04 bits per heavy atom. The van der Waals surface area contributed by atoms with Crippen molar-refractivity contribution in [2.24, 2.45) is 0 Å². The Labute approximate surface area is 144 Å². The molecule has 0 aliphatic carbocycles. The van der Waals surface area contributed by atoms with Crippen LogP contribution in [0.25, 0.3) is 0 Å². The van der Waals surface area contributed by atoms with E-state index < -0.39 is 4.92 Å². The summed E-state index contributed by atoms with van der Waals surface area (Å²) in [5.74, 6) is 0.315. The molecule has 3 rings (SSSR count). The normalized spacial score (nSPS) is 16.5. The molecular weight excluding hydrogens is 334 g/mol. The van der Waals surface area contributed by atoms with E-state index in [9.17, 15) is 14.9 Å². The average molecular weight is 351 g/mol. The molecule has 2 aliphatic rings. The number of hydrogen-bond donors (Lipinski definition) is 0. The van der Waals surface area contributed by atoms with Gasteiger partial charge in [-0.05, 0) is 30.9 Å². The zero-order valence-corrected chi connectivity index (χ0v) is 14.2. The van der Waals surface area contributed by atoms with Gasteiger partial charge in [0.15, 0.2) is 0 Å². The Hall–Kier alpha value is -1.67. The van der Waals surface area contributed by atoms with Crippen LogP contribution in [-0.2, 0) is 11.2 Å². The summed E-state index contributed by atoms with van der Waals surface area (Å²) < 4.78 is 0.791. The minimum Gasteiger partial charge on any atom is -0.358 e. The molecule has 0 saturated carbocycles. The highest BCUT2D eigenvalue weighted by Gasteiger charge is 2.27. The molecule has 0 aromatic heterocycles. The van der Waals surface area contributed by atoms with E-state index in [-0.39, 0.29) is 11.6 Å². The van der Waals surface area contributed by atoms with E-state index in [1.807, 2.05) is 0 Å². The maximum absolute atomic E-state index is 12.4. The minimum absolute atomic E-state index is 0.00384. The molecule has 0 bridgehead atoms. The maximum Gasteiger partial charge on any atom is 0.269 e. The Balaban J connectivity index is 1.61. The number of amides is 1. The SMILES string of the molecule is O=C(CSC(=S)N1CCCC1)N1CCc2cc([N+](=O)[O-])ccc21. The van der Waals surface area contributed by atoms with Gasteiger partial charge in [-0.15, -0.1) is 0 Å². The summed E-state index contributed by atoms with van der Waals surface area (Å²) in [5.41, 5.74) is 1.72. The number of benzene rings is 1. The highest BCUT2D eigenvalue weighted by molar-refractivity contribution is 8.23. The largest absolute Gasteiger partial charge is 0.358 e. The predicted molar refractivity (Wildman–Crippen MR) is 95.0 cm³/mol. The third kappa shape index (κ3) is 3.48. The number of carbonyl (C=O) groups excluding carboxylic acids is 1. The first-order chi connectivity index (χ1) is 11.1. The number of nitro benzene ring substituents is 1. The van der Waals surface area contributed by atoms with Crippen LogP contribution >= 0.6 is 24.0 Å². The molecule has 0 N–H and O–H groups in total. The van der Waals surface area contributed by atoms with E-state index in [2.05, 4.69) is 4.90 Å². The standard InChI is InChI=1S/C15H17N3O3S2/c19-14(10-23-15(22)16-6-1-2-7-16)17-8-5-11-9-12(18(20)21)3-4-13(11)17/h3-4,9H,1-2,5-8,10H2. The number of carbonyl (C=O) groups is 1. The number of hydrogen-bond acceptors (Lipinski definition) is 5. The summed E-state index contributed by atoms with van der Waals surface area (Å²) in [4.78, 5) is 26.7. The number of thioether (sulfide) groups is 1. The molecule has 0 radical (unpaired) electrons. The monoisotopic (exact) mass is 351 g/mol. The summed E-state index contributed by atoms with van der Waals surface area (Å²) in [6.07, 6.45) is 2.98. The fourth-order valence-corrected chi connectivity index (χ4v) is 4.08. The van der Waals surface area contributed by atoms with Crippen molar-refractivity contribution in [1.29, 1.82) is 0 Å². The molecule has 1 aromatic carbocycles. The van der Waals surface area contributed by atoms with E-state index in [4.69, 9.17) is 12.2 Å². The average Bonchev–Trinajstić information content (AvgIpc) is 3.20. The Morgan fingerprint density at radius 3 is 2.74 bits per heavy atom. The van der Waals surface area contributed by atoms with E-state index in [1.54, 1.807) is 17.0 Å². The number of thiocarbonyl (C=S) groups is 1. The van der Waals surface area contributed by atoms with Gasteiger partial charge in [-0.1, -0.05) is 24.0 Å². The van der Waals surface area contributed by atoms with Crippen LogP contribution in [0.2, 0.25) is 0 Å². The maximum atomic E-state index is 12.4. The Bertz CT molecular complexity index is 659. The Morgan fingerprint density at radius 1 is 1.30 bits per heavy atom. The molecule has 0 atom stereocenters. The summed E-state index contributed by atoms with van der Waals surface area (Å²) in [7, 11) is 0. The third-order valence-corrected chi connectivity index (χ3v) is 5.66. The second-order valence-electron chi connectivity index (χ2n) is 5.61. The second-order valence-corrected chi connectivity index (χ2v) is 7.22. The second kappa shape index (κ2) is 6.84. The van der Waals surface area contributed by atoms with Gasteiger partial charge in [0.1, 0.15) is 4.32 Å². The molecular formula is C15H17N3O3S2. The van der Waals surface area contributed by atoms with E-state index in [1.165, 1.54) is 17.8 Å². The van der Waals surface area contributed by atoms with Gasteiger partial charge in [-0.2, -0.15) is 0 Å². The number of nitrogens with zero attached hydrogens (tertiary/aromatic N) is 3. The van der Waals surface area contributed by atoms with Crippen LogP contribution < -0.4 is 4.90 Å². The van der Waals surface area contributed by atoms with Gasteiger partial charge in [0.05, 0.1) is 10.7 Å². The molecule has 23 heavy (non-hydrogen) atoms. The molecule has 1 saturated heterocycles. The predicted octanol–water partition coefficient (Wildman–Crippen LogP) is 2.60. The first-order valence-corrected chi connectivity index (χ1v) is 8.95. The van der Waals surface area contributed by atoms with Crippen molar-refractivity contribution in [2.45, 2.75) is 19.3 Å². The van der Waals surface area contributed by atoms with Gasteiger partial charge in [0.2, 0.25) is 5.91 Å². The van der Waals surface area contributed by atoms with Gasteiger partial charge in [0.25, 0.3) is 5.69 Å². The van der Waals surface area contributed by atoms with E-state index >= 15 is 0 Å². The number of fused-ring (bicyclic) bond motifs is 1. The van der Waals surface area contributed by atoms with Crippen molar-refractivity contribution in [2.75, 3.05) is 30.3 Å². The lowest BCUT2D eigenvalue weighted by Crippen LogP contribution is -2.32. The van der Waals surface area contributed by atoms with Crippen molar-refractivity contribution in [1.82, 2.24) is 4.90 Å². The molecule has 0 unspecified atom stereocenters. The molecule has 122 valence electrons. The fourth-order valence-electron chi connectivity index (χ4n) is 2.95. The van der Waals surface area contributed by atoms with Crippen molar-refractivity contribution < 1.29 is 9.72 Å². The molecule has 2 aliphatic heterocycles. The topological polar surface area (TPSA) is 66.7 Å². The van der Waals surface area contributed by atoms with Crippen LogP contribution in [0.1, 0.15) is 18.4 Å². The van der Waals surface area contributed by atoms with Crippen molar-refractivity contribution >= 4 is 45.6 Å². The van der Waals surface area contributed by atoms with Gasteiger partial charge < -0.3 is 9.80 Å². The summed E-state index contributed by atoms with van der Waals surface area (Å²) in [6, 6.07) is 4.68. The summed E-state index contributed by atoms with van der Waals surface area (Å²) in [5, 5.41) is 10.8. The number of non-ortho nitro benzene ring substituents is 1. The zero-order valence-electron chi connectivity index (χ0n) is 12.6. The van der Waals surface area contributed by atoms with Gasteiger partial charge in [-0.3, -0.25) is 14.9 Å². The van der Waals surface area contributed by atoms with Crippen molar-refractivity contribution in [3.8, 4) is 0 Å². The van der Waals surface area contributed by atoms with Gasteiger partial charge in [0, 0.05) is 37.5 Å². The van der Waals surface area contributed by atoms with Crippen molar-refractivity contribution in [3.63, 3.8) is 0 Å². The lowest BCUT2D eigenvalue weighted by Gasteiger charge is -2.20. The molecule has 1 aromatic rings. The molecule has 8 heteroatoms. The van der Waals surface area contributed by atoms with Crippen LogP contribution in [-0.4, -0.2) is 45.4 Å². The Kier molecular flexibility index (Phi) is 4.82. The number of nitro groups is 1. The van der Waals surface area contributed by atoms with Crippen LogP contribution in [0.3, 0.4) is 0 Å². The van der Waals surface area contributed by atoms with E-state index in [0.717, 1.165) is 41.5 Å². The minimum atomic E-state index is -0.408. The van der Waals surface area contributed by atoms with Crippen LogP contribution in [0.5, 0.6) is 0 Å². The summed E-state index contributed by atoms with van der Waals surface area (Å²) >= 11 is 6.78. The first kappa shape index (κ1) is 16.2. The molecule has 0 spiro atoms. The molecule has 6 nitrogen and oxygen atoms in total. The highest BCUT2D eigenvalue weighted by atomic mass is 32.2. The fraction of sp³-hybridized carbons (Fsp3) is 0.467. The molecule has 2 heterocycles. The number of likely N-dealkylation sites (tertiary alicyclic amines) is 1. The van der Waals surface area contributed by atoms with E-state index in [0.29, 0.717) is 18.7 Å². The van der Waals surface area contributed by atoms with Gasteiger partial charge in [-0.25, -0.2) is 0 Å².